The highest BCUT2D eigenvalue weighted by Crippen LogP contribution is 2.21. The van der Waals surface area contributed by atoms with E-state index in [0.29, 0.717) is 23.8 Å². The van der Waals surface area contributed by atoms with Crippen molar-refractivity contribution in [1.29, 1.82) is 0 Å². The average molecular weight is 428 g/mol. The Morgan fingerprint density at radius 1 is 1.07 bits per heavy atom. The molecule has 0 radical (unpaired) electrons. The quantitative estimate of drug-likeness (QED) is 0.557. The summed E-state index contributed by atoms with van der Waals surface area (Å²) in [5, 5.41) is 6.16. The normalized spacial score (nSPS) is 10.6. The van der Waals surface area contributed by atoms with Gasteiger partial charge in [0.2, 0.25) is 5.91 Å². The summed E-state index contributed by atoms with van der Waals surface area (Å²) < 4.78 is 13.2. The molecule has 1 amide bonds. The maximum Gasteiger partial charge on any atom is 0.224 e. The van der Waals surface area contributed by atoms with Crippen molar-refractivity contribution in [2.24, 2.45) is 0 Å². The summed E-state index contributed by atoms with van der Waals surface area (Å²) in [7, 11) is 3.85. The number of hydrogen-bond donors (Lipinski definition) is 2. The monoisotopic (exact) mass is 427 g/mol. The molecule has 30 heavy (non-hydrogen) atoms. The minimum atomic E-state index is -0.464. The predicted octanol–water partition coefficient (Wildman–Crippen LogP) is 4.96. The van der Waals surface area contributed by atoms with E-state index in [-0.39, 0.29) is 17.4 Å². The molecule has 3 rings (SSSR count). The number of aryl methyl sites for hydroxylation is 2. The fourth-order valence-corrected chi connectivity index (χ4v) is 3.01. The van der Waals surface area contributed by atoms with E-state index in [4.69, 9.17) is 11.6 Å². The van der Waals surface area contributed by atoms with Crippen molar-refractivity contribution in [3.05, 3.63) is 70.8 Å². The van der Waals surface area contributed by atoms with Gasteiger partial charge in [-0.25, -0.2) is 14.4 Å². The number of aromatic nitrogens is 2. The largest absolute Gasteiger partial charge is 0.363 e. The summed E-state index contributed by atoms with van der Waals surface area (Å²) in [6.45, 7) is 1.84. The van der Waals surface area contributed by atoms with Crippen LogP contribution in [0.25, 0.3) is 0 Å². The zero-order valence-corrected chi connectivity index (χ0v) is 17.8. The number of carbonyl (C=O) groups excluding carboxylic acids is 1. The van der Waals surface area contributed by atoms with Gasteiger partial charge in [0.05, 0.1) is 5.02 Å². The van der Waals surface area contributed by atoms with Gasteiger partial charge >= 0.3 is 0 Å². The molecule has 2 aromatic carbocycles. The van der Waals surface area contributed by atoms with Crippen molar-refractivity contribution in [2.75, 3.05) is 29.6 Å². The first kappa shape index (κ1) is 21.5. The number of nitrogens with one attached hydrogen (secondary N) is 2. The highest BCUT2D eigenvalue weighted by Gasteiger charge is 2.07. The molecule has 156 valence electrons. The van der Waals surface area contributed by atoms with Crippen LogP contribution in [0.5, 0.6) is 0 Å². The Morgan fingerprint density at radius 2 is 1.77 bits per heavy atom. The van der Waals surface area contributed by atoms with Gasteiger partial charge in [-0.15, -0.1) is 0 Å². The second kappa shape index (κ2) is 9.54. The van der Waals surface area contributed by atoms with E-state index in [1.807, 2.05) is 56.3 Å². The Hall–Kier alpha value is -3.19. The van der Waals surface area contributed by atoms with E-state index < -0.39 is 5.82 Å². The summed E-state index contributed by atoms with van der Waals surface area (Å²) >= 11 is 5.77. The lowest BCUT2D eigenvalue weighted by molar-refractivity contribution is -0.116. The third kappa shape index (κ3) is 5.90. The number of benzene rings is 2. The summed E-state index contributed by atoms with van der Waals surface area (Å²) in [5.41, 5.74) is 2.35. The molecule has 0 aliphatic rings. The number of amides is 1. The lowest BCUT2D eigenvalue weighted by atomic mass is 10.1. The molecule has 6 nitrogen and oxygen atoms in total. The van der Waals surface area contributed by atoms with Gasteiger partial charge < -0.3 is 15.5 Å². The second-order valence-corrected chi connectivity index (χ2v) is 7.46. The Balaban J connectivity index is 1.56. The topological polar surface area (TPSA) is 70.2 Å². The fourth-order valence-electron chi connectivity index (χ4n) is 2.81. The molecule has 0 spiro atoms. The molecule has 2 N–H and O–H groups in total. The summed E-state index contributed by atoms with van der Waals surface area (Å²) in [6.07, 6.45) is 0.752. The Kier molecular flexibility index (Phi) is 6.84. The van der Waals surface area contributed by atoms with E-state index >= 15 is 0 Å². The molecule has 8 heteroatoms. The highest BCUT2D eigenvalue weighted by atomic mass is 35.5. The third-order valence-electron chi connectivity index (χ3n) is 4.35. The molecule has 0 aliphatic carbocycles. The van der Waals surface area contributed by atoms with Crippen molar-refractivity contribution >= 4 is 40.5 Å². The third-order valence-corrected chi connectivity index (χ3v) is 4.64. The Bertz CT molecular complexity index is 1040. The zero-order chi connectivity index (χ0) is 21.7. The number of hydrogen-bond acceptors (Lipinski definition) is 5. The SMILES string of the molecule is Cc1nc(Nc2ccc(NC(=O)CCc3ccc(F)c(Cl)c3)cc2)cc(N(C)C)n1. The van der Waals surface area contributed by atoms with E-state index in [1.165, 1.54) is 6.07 Å². The van der Waals surface area contributed by atoms with Gasteiger partial charge in [-0.3, -0.25) is 4.79 Å². The standard InChI is InChI=1S/C22H23ClFN5O/c1-14-25-20(13-21(26-14)29(2)3)27-16-6-8-17(9-7-16)28-22(30)11-5-15-4-10-19(24)18(23)12-15/h4,6-10,12-13H,5,11H2,1-3H3,(H,28,30)(H,25,26,27). The smallest absolute Gasteiger partial charge is 0.224 e. The molecule has 0 bridgehead atoms. The van der Waals surface area contributed by atoms with Crippen LogP contribution in [0.1, 0.15) is 17.8 Å². The maximum absolute atomic E-state index is 13.2. The molecule has 0 atom stereocenters. The van der Waals surface area contributed by atoms with Crippen LogP contribution in [-0.2, 0) is 11.2 Å². The molecule has 0 aliphatic heterocycles. The molecule has 1 heterocycles. The van der Waals surface area contributed by atoms with Crippen molar-refractivity contribution in [2.45, 2.75) is 19.8 Å². The van der Waals surface area contributed by atoms with Gasteiger partial charge in [-0.1, -0.05) is 17.7 Å². The average Bonchev–Trinajstić information content (AvgIpc) is 2.70. The number of carbonyl (C=O) groups is 1. The zero-order valence-electron chi connectivity index (χ0n) is 17.0. The fraction of sp³-hybridized carbons (Fsp3) is 0.227. The molecule has 0 unspecified atom stereocenters. The minimum absolute atomic E-state index is 0.0626. The van der Waals surface area contributed by atoms with E-state index in [1.54, 1.807) is 12.1 Å². The van der Waals surface area contributed by atoms with Gasteiger partial charge in [-0.05, 0) is 55.3 Å². The summed E-state index contributed by atoms with van der Waals surface area (Å²) in [4.78, 5) is 22.9. The number of halogens is 2. The molecule has 3 aromatic rings. The molecular weight excluding hydrogens is 405 g/mol. The molecule has 0 fully saturated rings. The molecule has 1 aromatic heterocycles. The first-order valence-electron chi connectivity index (χ1n) is 9.44. The van der Waals surface area contributed by atoms with Gasteiger partial charge in [0.15, 0.2) is 0 Å². The van der Waals surface area contributed by atoms with Crippen LogP contribution in [0, 0.1) is 12.7 Å². The Morgan fingerprint density at radius 3 is 2.43 bits per heavy atom. The lowest BCUT2D eigenvalue weighted by Gasteiger charge is -2.14. The molecule has 0 saturated carbocycles. The first-order chi connectivity index (χ1) is 14.3. The van der Waals surface area contributed by atoms with Gasteiger partial charge in [0, 0.05) is 38.0 Å². The first-order valence-corrected chi connectivity index (χ1v) is 9.82. The summed E-state index contributed by atoms with van der Waals surface area (Å²) in [5.74, 6) is 1.60. The van der Waals surface area contributed by atoms with Gasteiger partial charge in [0.25, 0.3) is 0 Å². The maximum atomic E-state index is 13.2. The van der Waals surface area contributed by atoms with Gasteiger partial charge in [0.1, 0.15) is 23.3 Å². The number of nitrogens with zero attached hydrogens (tertiary/aromatic N) is 3. The van der Waals surface area contributed by atoms with Crippen LogP contribution in [0.3, 0.4) is 0 Å². The van der Waals surface area contributed by atoms with Crippen molar-refractivity contribution in [3.8, 4) is 0 Å². The number of rotatable bonds is 7. The summed E-state index contributed by atoms with van der Waals surface area (Å²) in [6, 6.07) is 13.7. The lowest BCUT2D eigenvalue weighted by Crippen LogP contribution is -2.13. The van der Waals surface area contributed by atoms with Crippen LogP contribution in [0.2, 0.25) is 5.02 Å². The Labute approximate surface area is 180 Å². The number of anilines is 4. The van der Waals surface area contributed by atoms with Crippen LogP contribution in [-0.4, -0.2) is 30.0 Å². The second-order valence-electron chi connectivity index (χ2n) is 7.05. The van der Waals surface area contributed by atoms with Crippen LogP contribution < -0.4 is 15.5 Å². The van der Waals surface area contributed by atoms with Gasteiger partial charge in [-0.2, -0.15) is 0 Å². The van der Waals surface area contributed by atoms with Crippen LogP contribution in [0.4, 0.5) is 27.4 Å². The van der Waals surface area contributed by atoms with Crippen molar-refractivity contribution < 1.29 is 9.18 Å². The molecule has 0 saturated heterocycles. The van der Waals surface area contributed by atoms with E-state index in [2.05, 4.69) is 20.6 Å². The van der Waals surface area contributed by atoms with Crippen molar-refractivity contribution in [3.63, 3.8) is 0 Å². The van der Waals surface area contributed by atoms with E-state index in [0.717, 1.165) is 17.1 Å². The van der Waals surface area contributed by atoms with Crippen LogP contribution in [0.15, 0.2) is 48.5 Å². The predicted molar refractivity (Wildman–Crippen MR) is 119 cm³/mol. The van der Waals surface area contributed by atoms with Crippen molar-refractivity contribution in [1.82, 2.24) is 9.97 Å². The van der Waals surface area contributed by atoms with Crippen LogP contribution >= 0.6 is 11.6 Å². The minimum Gasteiger partial charge on any atom is -0.363 e. The molecular formula is C22H23ClFN5O. The van der Waals surface area contributed by atoms with E-state index in [9.17, 15) is 9.18 Å². The highest BCUT2D eigenvalue weighted by molar-refractivity contribution is 6.30.